The Bertz CT molecular complexity index is 464. The summed E-state index contributed by atoms with van der Waals surface area (Å²) in [6.45, 7) is 4.51. The van der Waals surface area contributed by atoms with Gasteiger partial charge in [0.1, 0.15) is 0 Å². The highest BCUT2D eigenvalue weighted by molar-refractivity contribution is 9.10. The molecule has 1 aromatic rings. The maximum Gasteiger partial charge on any atom is 0.230 e. The fourth-order valence-electron chi connectivity index (χ4n) is 2.41. The topological polar surface area (TPSA) is 32.3 Å². The lowest BCUT2D eigenvalue weighted by atomic mass is 9.96. The highest BCUT2D eigenvalue weighted by Gasteiger charge is 2.26. The first-order valence-electron chi connectivity index (χ1n) is 6.60. The molecular formula is C14H19BrCl2N2O. The molecule has 1 fully saturated rings. The summed E-state index contributed by atoms with van der Waals surface area (Å²) in [6, 6.07) is 5.66. The van der Waals surface area contributed by atoms with Crippen molar-refractivity contribution in [3.63, 3.8) is 0 Å². The molecule has 3 nitrogen and oxygen atoms in total. The number of rotatable bonds is 3. The zero-order valence-electron chi connectivity index (χ0n) is 11.4. The number of nitrogens with one attached hydrogen (secondary N) is 1. The quantitative estimate of drug-likeness (QED) is 0.861. The van der Waals surface area contributed by atoms with Crippen molar-refractivity contribution in [2.75, 3.05) is 24.5 Å². The smallest absolute Gasteiger partial charge is 0.230 e. The second kappa shape index (κ2) is 8.23. The lowest BCUT2D eigenvalue weighted by Gasteiger charge is -2.29. The third-order valence-corrected chi connectivity index (χ3v) is 4.72. The van der Waals surface area contributed by atoms with E-state index < -0.39 is 0 Å². The van der Waals surface area contributed by atoms with Crippen molar-refractivity contribution >= 4 is 51.5 Å². The highest BCUT2D eigenvalue weighted by atomic mass is 79.9. The Morgan fingerprint density at radius 1 is 1.45 bits per heavy atom. The molecule has 1 saturated heterocycles. The van der Waals surface area contributed by atoms with E-state index >= 15 is 0 Å². The molecule has 0 aromatic heterocycles. The summed E-state index contributed by atoms with van der Waals surface area (Å²) in [6.07, 6.45) is 1.83. The molecule has 0 radical (unpaired) electrons. The first kappa shape index (κ1) is 17.8. The predicted octanol–water partition coefficient (Wildman–Crippen LogP) is 3.88. The SMILES string of the molecule is CCN(C(=O)C1CCNCC1)c1ccc(Br)c(Cl)c1.Cl. The third kappa shape index (κ3) is 4.10. The zero-order valence-corrected chi connectivity index (χ0v) is 14.5. The summed E-state index contributed by atoms with van der Waals surface area (Å²) in [4.78, 5) is 14.4. The molecule has 0 saturated carbocycles. The normalized spacial score (nSPS) is 15.6. The molecular weight excluding hydrogens is 363 g/mol. The predicted molar refractivity (Wildman–Crippen MR) is 90.0 cm³/mol. The minimum Gasteiger partial charge on any atom is -0.317 e. The average Bonchev–Trinajstić information content (AvgIpc) is 2.44. The summed E-state index contributed by atoms with van der Waals surface area (Å²) in [7, 11) is 0. The van der Waals surface area contributed by atoms with E-state index in [9.17, 15) is 4.79 Å². The van der Waals surface area contributed by atoms with Crippen LogP contribution in [0.5, 0.6) is 0 Å². The molecule has 1 amide bonds. The van der Waals surface area contributed by atoms with Crippen LogP contribution in [0.3, 0.4) is 0 Å². The zero-order chi connectivity index (χ0) is 13.8. The molecule has 1 aromatic carbocycles. The Morgan fingerprint density at radius 3 is 2.65 bits per heavy atom. The van der Waals surface area contributed by atoms with E-state index in [4.69, 9.17) is 11.6 Å². The van der Waals surface area contributed by atoms with Gasteiger partial charge in [-0.05, 0) is 67.0 Å². The minimum absolute atomic E-state index is 0. The van der Waals surface area contributed by atoms with Crippen LogP contribution in [0.15, 0.2) is 22.7 Å². The molecule has 2 rings (SSSR count). The summed E-state index contributed by atoms with van der Waals surface area (Å²) in [5, 5.41) is 3.92. The molecule has 0 bridgehead atoms. The van der Waals surface area contributed by atoms with Crippen LogP contribution in [-0.2, 0) is 4.79 Å². The Balaban J connectivity index is 0.00000200. The summed E-state index contributed by atoms with van der Waals surface area (Å²) in [5.41, 5.74) is 0.874. The van der Waals surface area contributed by atoms with Gasteiger partial charge in [-0.25, -0.2) is 0 Å². The number of hydrogen-bond acceptors (Lipinski definition) is 2. The fourth-order valence-corrected chi connectivity index (χ4v) is 2.83. The summed E-state index contributed by atoms with van der Waals surface area (Å²) in [5.74, 6) is 0.339. The van der Waals surface area contributed by atoms with Crippen LogP contribution in [0, 0.1) is 5.92 Å². The van der Waals surface area contributed by atoms with Crippen LogP contribution in [0.4, 0.5) is 5.69 Å². The number of benzene rings is 1. The van der Waals surface area contributed by atoms with Crippen LogP contribution in [-0.4, -0.2) is 25.5 Å². The lowest BCUT2D eigenvalue weighted by Crippen LogP contribution is -2.41. The Kier molecular flexibility index (Phi) is 7.30. The van der Waals surface area contributed by atoms with Crippen molar-refractivity contribution in [1.29, 1.82) is 0 Å². The third-order valence-electron chi connectivity index (χ3n) is 3.49. The van der Waals surface area contributed by atoms with Gasteiger partial charge in [-0.3, -0.25) is 4.79 Å². The molecule has 1 heterocycles. The molecule has 20 heavy (non-hydrogen) atoms. The van der Waals surface area contributed by atoms with E-state index in [2.05, 4.69) is 21.2 Å². The Hall–Kier alpha value is -0.290. The second-order valence-electron chi connectivity index (χ2n) is 4.71. The van der Waals surface area contributed by atoms with Crippen molar-refractivity contribution < 1.29 is 4.79 Å². The number of nitrogens with zero attached hydrogens (tertiary/aromatic N) is 1. The van der Waals surface area contributed by atoms with E-state index in [-0.39, 0.29) is 24.2 Å². The van der Waals surface area contributed by atoms with E-state index in [1.807, 2.05) is 30.0 Å². The molecule has 1 N–H and O–H groups in total. The standard InChI is InChI=1S/C14H18BrClN2O.ClH/c1-2-18(11-3-4-12(15)13(16)9-11)14(19)10-5-7-17-8-6-10;/h3-4,9-10,17H,2,5-8H2,1H3;1H. The molecule has 112 valence electrons. The number of amides is 1. The van der Waals surface area contributed by atoms with Gasteiger partial charge in [-0.15, -0.1) is 12.4 Å². The molecule has 0 spiro atoms. The van der Waals surface area contributed by atoms with Gasteiger partial charge in [-0.2, -0.15) is 0 Å². The summed E-state index contributed by atoms with van der Waals surface area (Å²) < 4.78 is 0.850. The van der Waals surface area contributed by atoms with Crippen LogP contribution >= 0.6 is 39.9 Å². The fraction of sp³-hybridized carbons (Fsp3) is 0.500. The molecule has 1 aliphatic heterocycles. The van der Waals surface area contributed by atoms with Gasteiger partial charge in [0.05, 0.1) is 5.02 Å². The van der Waals surface area contributed by atoms with Crippen LogP contribution in [0.2, 0.25) is 5.02 Å². The molecule has 1 aliphatic rings. The molecule has 6 heteroatoms. The van der Waals surface area contributed by atoms with E-state index in [1.165, 1.54) is 0 Å². The Labute approximate surface area is 139 Å². The summed E-state index contributed by atoms with van der Waals surface area (Å²) >= 11 is 9.48. The first-order chi connectivity index (χ1) is 9.13. The van der Waals surface area contributed by atoms with E-state index in [0.29, 0.717) is 11.6 Å². The van der Waals surface area contributed by atoms with Gasteiger partial charge in [0.2, 0.25) is 5.91 Å². The van der Waals surface area contributed by atoms with Crippen molar-refractivity contribution in [3.05, 3.63) is 27.7 Å². The maximum absolute atomic E-state index is 12.6. The lowest BCUT2D eigenvalue weighted by molar-refractivity contribution is -0.123. The minimum atomic E-state index is 0. The maximum atomic E-state index is 12.6. The van der Waals surface area contributed by atoms with Crippen molar-refractivity contribution in [3.8, 4) is 0 Å². The monoisotopic (exact) mass is 380 g/mol. The largest absolute Gasteiger partial charge is 0.317 e. The number of carbonyl (C=O) groups excluding carboxylic acids is 1. The molecule has 0 atom stereocenters. The van der Waals surface area contributed by atoms with Crippen LogP contribution < -0.4 is 10.2 Å². The van der Waals surface area contributed by atoms with Crippen molar-refractivity contribution in [2.24, 2.45) is 5.92 Å². The number of piperidine rings is 1. The Morgan fingerprint density at radius 2 is 2.10 bits per heavy atom. The van der Waals surface area contributed by atoms with Gasteiger partial charge in [0.15, 0.2) is 0 Å². The van der Waals surface area contributed by atoms with Gasteiger partial charge >= 0.3 is 0 Å². The first-order valence-corrected chi connectivity index (χ1v) is 7.77. The average molecular weight is 382 g/mol. The number of carbonyl (C=O) groups is 1. The van der Waals surface area contributed by atoms with Gasteiger partial charge in [0.25, 0.3) is 0 Å². The number of hydrogen-bond donors (Lipinski definition) is 1. The number of anilines is 1. The van der Waals surface area contributed by atoms with Gasteiger partial charge in [-0.1, -0.05) is 11.6 Å². The van der Waals surface area contributed by atoms with Gasteiger partial charge in [0, 0.05) is 22.6 Å². The molecule has 0 unspecified atom stereocenters. The van der Waals surface area contributed by atoms with Crippen LogP contribution in [0.25, 0.3) is 0 Å². The van der Waals surface area contributed by atoms with E-state index in [1.54, 1.807) is 0 Å². The number of halogens is 3. The molecule has 0 aliphatic carbocycles. The second-order valence-corrected chi connectivity index (χ2v) is 5.97. The highest BCUT2D eigenvalue weighted by Crippen LogP contribution is 2.29. The van der Waals surface area contributed by atoms with E-state index in [0.717, 1.165) is 36.1 Å². The van der Waals surface area contributed by atoms with Gasteiger partial charge < -0.3 is 10.2 Å². The van der Waals surface area contributed by atoms with Crippen molar-refractivity contribution in [2.45, 2.75) is 19.8 Å². The van der Waals surface area contributed by atoms with Crippen LogP contribution in [0.1, 0.15) is 19.8 Å². The van der Waals surface area contributed by atoms with Crippen molar-refractivity contribution in [1.82, 2.24) is 5.32 Å².